The molecule has 15 heavy (non-hydrogen) atoms. The minimum atomic E-state index is 0.254. The van der Waals surface area contributed by atoms with Crippen molar-refractivity contribution in [2.24, 2.45) is 0 Å². The molecule has 0 saturated heterocycles. The van der Waals surface area contributed by atoms with Crippen LogP contribution in [0.4, 0.5) is 5.88 Å². The topological polar surface area (TPSA) is 74.7 Å². The molecule has 2 aromatic rings. The van der Waals surface area contributed by atoms with Gasteiger partial charge in [0, 0.05) is 25.0 Å². The molecule has 0 aliphatic heterocycles. The first-order valence-corrected chi connectivity index (χ1v) is 4.34. The van der Waals surface area contributed by atoms with E-state index in [-0.39, 0.29) is 5.69 Å². The summed E-state index contributed by atoms with van der Waals surface area (Å²) in [6.45, 7) is 0. The SMILES string of the molecule is CNc1oc(-c2ccncc2)nc1C#N. The first-order valence-electron chi connectivity index (χ1n) is 4.34. The van der Waals surface area contributed by atoms with E-state index in [4.69, 9.17) is 9.68 Å². The first-order chi connectivity index (χ1) is 7.35. The number of nitrogens with zero attached hydrogens (tertiary/aromatic N) is 3. The summed E-state index contributed by atoms with van der Waals surface area (Å²) in [4.78, 5) is 7.94. The second-order valence-electron chi connectivity index (χ2n) is 2.79. The molecule has 74 valence electrons. The maximum Gasteiger partial charge on any atom is 0.232 e. The number of hydrogen-bond acceptors (Lipinski definition) is 5. The van der Waals surface area contributed by atoms with E-state index >= 15 is 0 Å². The highest BCUT2D eigenvalue weighted by atomic mass is 16.4. The summed E-state index contributed by atoms with van der Waals surface area (Å²) in [5.41, 5.74) is 1.05. The van der Waals surface area contributed by atoms with Gasteiger partial charge in [0.25, 0.3) is 0 Å². The van der Waals surface area contributed by atoms with Gasteiger partial charge in [-0.1, -0.05) is 0 Å². The Morgan fingerprint density at radius 1 is 1.40 bits per heavy atom. The fourth-order valence-corrected chi connectivity index (χ4v) is 1.18. The summed E-state index contributed by atoms with van der Waals surface area (Å²) in [5, 5.41) is 11.6. The van der Waals surface area contributed by atoms with Gasteiger partial charge in [-0.3, -0.25) is 4.98 Å². The van der Waals surface area contributed by atoms with E-state index in [1.54, 1.807) is 31.6 Å². The Labute approximate surface area is 86.4 Å². The smallest absolute Gasteiger partial charge is 0.232 e. The van der Waals surface area contributed by atoms with Gasteiger partial charge >= 0.3 is 0 Å². The Morgan fingerprint density at radius 2 is 2.13 bits per heavy atom. The Balaban J connectivity index is 2.48. The average molecular weight is 200 g/mol. The number of hydrogen-bond donors (Lipinski definition) is 1. The third-order valence-electron chi connectivity index (χ3n) is 1.89. The van der Waals surface area contributed by atoms with Gasteiger partial charge in [0.15, 0.2) is 0 Å². The highest BCUT2D eigenvalue weighted by Gasteiger charge is 2.12. The molecule has 0 aliphatic carbocycles. The van der Waals surface area contributed by atoms with E-state index in [0.29, 0.717) is 11.8 Å². The molecule has 0 atom stereocenters. The van der Waals surface area contributed by atoms with E-state index < -0.39 is 0 Å². The molecule has 0 radical (unpaired) electrons. The lowest BCUT2D eigenvalue weighted by Gasteiger charge is -1.92. The number of rotatable bonds is 2. The molecule has 2 rings (SSSR count). The van der Waals surface area contributed by atoms with Gasteiger partial charge in [-0.05, 0) is 12.1 Å². The van der Waals surface area contributed by atoms with Crippen LogP contribution >= 0.6 is 0 Å². The van der Waals surface area contributed by atoms with Crippen molar-refractivity contribution in [2.45, 2.75) is 0 Å². The van der Waals surface area contributed by atoms with Crippen molar-refractivity contribution in [2.75, 3.05) is 12.4 Å². The van der Waals surface area contributed by atoms with Crippen LogP contribution in [0.15, 0.2) is 28.9 Å². The molecule has 0 aromatic carbocycles. The van der Waals surface area contributed by atoms with Crippen molar-refractivity contribution in [1.29, 1.82) is 5.26 Å². The van der Waals surface area contributed by atoms with Gasteiger partial charge in [-0.2, -0.15) is 10.2 Å². The zero-order valence-electron chi connectivity index (χ0n) is 8.06. The molecule has 2 heterocycles. The third kappa shape index (κ3) is 1.65. The monoisotopic (exact) mass is 200 g/mol. The van der Waals surface area contributed by atoms with Crippen molar-refractivity contribution < 1.29 is 4.42 Å². The average Bonchev–Trinajstić information content (AvgIpc) is 2.73. The van der Waals surface area contributed by atoms with Crippen LogP contribution in [0, 0.1) is 11.3 Å². The van der Waals surface area contributed by atoms with Crippen molar-refractivity contribution in [3.8, 4) is 17.5 Å². The second-order valence-corrected chi connectivity index (χ2v) is 2.79. The first kappa shape index (κ1) is 9.21. The Bertz CT molecular complexity index is 498. The summed E-state index contributed by atoms with van der Waals surface area (Å²) in [6.07, 6.45) is 3.29. The van der Waals surface area contributed by atoms with E-state index in [2.05, 4.69) is 15.3 Å². The fourth-order valence-electron chi connectivity index (χ4n) is 1.18. The van der Waals surface area contributed by atoms with Crippen LogP contribution in [0.1, 0.15) is 5.69 Å². The van der Waals surface area contributed by atoms with Gasteiger partial charge in [0.05, 0.1) is 0 Å². The fraction of sp³-hybridized carbons (Fsp3) is 0.100. The lowest BCUT2D eigenvalue weighted by Crippen LogP contribution is -1.87. The number of pyridine rings is 1. The minimum absolute atomic E-state index is 0.254. The van der Waals surface area contributed by atoms with Gasteiger partial charge in [-0.25, -0.2) is 0 Å². The van der Waals surface area contributed by atoms with Crippen molar-refractivity contribution in [3.63, 3.8) is 0 Å². The Kier molecular flexibility index (Phi) is 2.33. The molecule has 0 saturated carbocycles. The van der Waals surface area contributed by atoms with Crippen molar-refractivity contribution in [3.05, 3.63) is 30.2 Å². The summed E-state index contributed by atoms with van der Waals surface area (Å²) < 4.78 is 5.37. The van der Waals surface area contributed by atoms with Crippen LogP contribution in [0.25, 0.3) is 11.5 Å². The third-order valence-corrected chi connectivity index (χ3v) is 1.89. The van der Waals surface area contributed by atoms with Crippen molar-refractivity contribution in [1.82, 2.24) is 9.97 Å². The number of aromatic nitrogens is 2. The molecule has 0 amide bonds. The predicted octanol–water partition coefficient (Wildman–Crippen LogP) is 1.65. The summed E-state index contributed by atoms with van der Waals surface area (Å²) in [5.74, 6) is 0.794. The molecule has 0 unspecified atom stereocenters. The molecular weight excluding hydrogens is 192 g/mol. The van der Waals surface area contributed by atoms with Crippen LogP contribution in [0.5, 0.6) is 0 Å². The molecule has 0 fully saturated rings. The maximum absolute atomic E-state index is 8.78. The molecule has 1 N–H and O–H groups in total. The summed E-state index contributed by atoms with van der Waals surface area (Å²) >= 11 is 0. The van der Waals surface area contributed by atoms with Crippen LogP contribution in [-0.2, 0) is 0 Å². The quantitative estimate of drug-likeness (QED) is 0.797. The normalized spacial score (nSPS) is 9.60. The molecule has 0 aliphatic rings. The maximum atomic E-state index is 8.78. The zero-order chi connectivity index (χ0) is 10.7. The second kappa shape index (κ2) is 3.80. The van der Waals surface area contributed by atoms with E-state index in [0.717, 1.165) is 5.56 Å². The number of anilines is 1. The minimum Gasteiger partial charge on any atom is -0.419 e. The van der Waals surface area contributed by atoms with E-state index in [1.165, 1.54) is 0 Å². The largest absolute Gasteiger partial charge is 0.419 e. The standard InChI is InChI=1S/C10H8N4O/c1-12-10-8(6-11)14-9(15-10)7-2-4-13-5-3-7/h2-5,12H,1H3. The summed E-state index contributed by atoms with van der Waals surface area (Å²) in [7, 11) is 1.68. The van der Waals surface area contributed by atoms with Crippen LogP contribution in [0.3, 0.4) is 0 Å². The van der Waals surface area contributed by atoms with Crippen LogP contribution in [-0.4, -0.2) is 17.0 Å². The van der Waals surface area contributed by atoms with E-state index in [9.17, 15) is 0 Å². The number of oxazole rings is 1. The van der Waals surface area contributed by atoms with E-state index in [1.807, 2.05) is 6.07 Å². The van der Waals surface area contributed by atoms with Crippen molar-refractivity contribution >= 4 is 5.88 Å². The van der Waals surface area contributed by atoms with Gasteiger partial charge in [0.2, 0.25) is 17.5 Å². The predicted molar refractivity (Wildman–Crippen MR) is 54.0 cm³/mol. The highest BCUT2D eigenvalue weighted by molar-refractivity contribution is 5.57. The van der Waals surface area contributed by atoms with Gasteiger partial charge in [0.1, 0.15) is 6.07 Å². The Hall–Kier alpha value is -2.35. The van der Waals surface area contributed by atoms with Crippen LogP contribution in [0.2, 0.25) is 0 Å². The molecule has 5 heteroatoms. The highest BCUT2D eigenvalue weighted by Crippen LogP contribution is 2.23. The number of nitrogens with one attached hydrogen (secondary N) is 1. The molecule has 2 aromatic heterocycles. The lowest BCUT2D eigenvalue weighted by molar-refractivity contribution is 0.589. The molecular formula is C10H8N4O. The summed E-state index contributed by atoms with van der Waals surface area (Å²) in [6, 6.07) is 5.49. The Morgan fingerprint density at radius 3 is 2.67 bits per heavy atom. The molecule has 0 spiro atoms. The van der Waals surface area contributed by atoms with Crippen LogP contribution < -0.4 is 5.32 Å². The van der Waals surface area contributed by atoms with Gasteiger partial charge < -0.3 is 9.73 Å². The molecule has 0 bridgehead atoms. The van der Waals surface area contributed by atoms with Gasteiger partial charge in [-0.15, -0.1) is 0 Å². The number of nitriles is 1. The lowest BCUT2D eigenvalue weighted by atomic mass is 10.3. The molecule has 5 nitrogen and oxygen atoms in total. The zero-order valence-corrected chi connectivity index (χ0v) is 8.06.